The van der Waals surface area contributed by atoms with Crippen molar-refractivity contribution in [2.75, 3.05) is 24.4 Å². The summed E-state index contributed by atoms with van der Waals surface area (Å²) >= 11 is 1.56. The van der Waals surface area contributed by atoms with Gasteiger partial charge in [-0.05, 0) is 23.8 Å². The van der Waals surface area contributed by atoms with Crippen LogP contribution in [0.3, 0.4) is 0 Å². The highest BCUT2D eigenvalue weighted by Crippen LogP contribution is 2.17. The molecule has 0 aliphatic heterocycles. The third-order valence-electron chi connectivity index (χ3n) is 3.84. The first-order chi connectivity index (χ1) is 13.6. The van der Waals surface area contributed by atoms with Crippen molar-refractivity contribution >= 4 is 34.5 Å². The quantitative estimate of drug-likeness (QED) is 0.612. The van der Waals surface area contributed by atoms with Crippen LogP contribution >= 0.6 is 11.3 Å². The highest BCUT2D eigenvalue weighted by Gasteiger charge is 2.10. The van der Waals surface area contributed by atoms with Crippen LogP contribution in [0.1, 0.15) is 16.3 Å². The highest BCUT2D eigenvalue weighted by molar-refractivity contribution is 7.09. The summed E-state index contributed by atoms with van der Waals surface area (Å²) in [6.07, 6.45) is 0.960. The number of methoxy groups -OCH3 is 1. The topological polar surface area (TPSA) is 80.3 Å². The first-order valence-electron chi connectivity index (χ1n) is 8.78. The molecule has 1 heterocycles. The summed E-state index contributed by atoms with van der Waals surface area (Å²) in [6, 6.07) is 17.1. The van der Waals surface area contributed by atoms with Gasteiger partial charge in [0.2, 0.25) is 11.8 Å². The predicted molar refractivity (Wildman–Crippen MR) is 111 cm³/mol. The molecule has 7 heteroatoms. The van der Waals surface area contributed by atoms with Crippen LogP contribution in [0.25, 0.3) is 0 Å². The van der Waals surface area contributed by atoms with E-state index in [-0.39, 0.29) is 24.8 Å². The molecule has 0 bridgehead atoms. The van der Waals surface area contributed by atoms with Gasteiger partial charge in [0.05, 0.1) is 17.1 Å². The Morgan fingerprint density at radius 1 is 1.00 bits per heavy atom. The van der Waals surface area contributed by atoms with Crippen LogP contribution in [-0.2, 0) is 27.2 Å². The van der Waals surface area contributed by atoms with Crippen molar-refractivity contribution in [2.45, 2.75) is 12.8 Å². The van der Waals surface area contributed by atoms with Gasteiger partial charge in [-0.15, -0.1) is 11.3 Å². The van der Waals surface area contributed by atoms with E-state index in [4.69, 9.17) is 4.74 Å². The van der Waals surface area contributed by atoms with Crippen LogP contribution in [0.4, 0.5) is 11.4 Å². The normalized spacial score (nSPS) is 10.5. The van der Waals surface area contributed by atoms with Crippen molar-refractivity contribution in [1.82, 2.24) is 4.98 Å². The average molecular weight is 395 g/mol. The summed E-state index contributed by atoms with van der Waals surface area (Å²) < 4.78 is 4.79. The van der Waals surface area contributed by atoms with Gasteiger partial charge in [0.25, 0.3) is 0 Å². The number of aromatic nitrogens is 1. The lowest BCUT2D eigenvalue weighted by Gasteiger charge is -2.08. The molecule has 144 valence electrons. The smallest absolute Gasteiger partial charge is 0.250 e. The number of rotatable bonds is 8. The molecular weight excluding hydrogens is 374 g/mol. The zero-order valence-electron chi connectivity index (χ0n) is 15.5. The van der Waals surface area contributed by atoms with Crippen molar-refractivity contribution in [3.63, 3.8) is 0 Å². The SMILES string of the molecule is COCC(=O)Nc1cccc(NC(=O)Cc2csc(Cc3ccccc3)n2)c1. The van der Waals surface area contributed by atoms with Crippen molar-refractivity contribution in [1.29, 1.82) is 0 Å². The molecule has 1 aromatic heterocycles. The molecule has 28 heavy (non-hydrogen) atoms. The minimum atomic E-state index is -0.251. The van der Waals surface area contributed by atoms with Gasteiger partial charge in [0.1, 0.15) is 6.61 Å². The molecule has 0 radical (unpaired) electrons. The van der Waals surface area contributed by atoms with Crippen LogP contribution in [0.2, 0.25) is 0 Å². The number of ether oxygens (including phenoxy) is 1. The van der Waals surface area contributed by atoms with Crippen LogP contribution < -0.4 is 10.6 Å². The predicted octanol–water partition coefficient (Wildman–Crippen LogP) is 3.50. The summed E-state index contributed by atoms with van der Waals surface area (Å²) in [5.41, 5.74) is 3.15. The van der Waals surface area contributed by atoms with Crippen molar-refractivity contribution in [2.24, 2.45) is 0 Å². The Morgan fingerprint density at radius 2 is 1.71 bits per heavy atom. The van der Waals surface area contributed by atoms with Gasteiger partial charge >= 0.3 is 0 Å². The van der Waals surface area contributed by atoms with E-state index in [2.05, 4.69) is 27.8 Å². The van der Waals surface area contributed by atoms with E-state index in [1.54, 1.807) is 35.6 Å². The standard InChI is InChI=1S/C21H21N3O3S/c1-27-13-20(26)23-17-9-5-8-16(11-17)22-19(25)12-18-14-28-21(24-18)10-15-6-3-2-4-7-15/h2-9,11,14H,10,12-13H2,1H3,(H,22,25)(H,23,26). The van der Waals surface area contributed by atoms with Gasteiger partial charge in [-0.2, -0.15) is 0 Å². The first kappa shape index (κ1) is 19.7. The van der Waals surface area contributed by atoms with E-state index in [1.165, 1.54) is 12.7 Å². The monoisotopic (exact) mass is 395 g/mol. The molecular formula is C21H21N3O3S. The summed E-state index contributed by atoms with van der Waals surface area (Å²) in [5.74, 6) is -0.406. The van der Waals surface area contributed by atoms with E-state index in [0.717, 1.165) is 17.1 Å². The van der Waals surface area contributed by atoms with Crippen LogP contribution in [0, 0.1) is 0 Å². The van der Waals surface area contributed by atoms with Crippen molar-refractivity contribution in [3.05, 3.63) is 76.2 Å². The molecule has 2 amide bonds. The largest absolute Gasteiger partial charge is 0.375 e. The van der Waals surface area contributed by atoms with Crippen LogP contribution in [0.5, 0.6) is 0 Å². The minimum absolute atomic E-state index is 0.0221. The average Bonchev–Trinajstić information content (AvgIpc) is 3.09. The van der Waals surface area contributed by atoms with E-state index >= 15 is 0 Å². The molecule has 6 nitrogen and oxygen atoms in total. The van der Waals surface area contributed by atoms with E-state index in [0.29, 0.717) is 11.4 Å². The molecule has 0 unspecified atom stereocenters. The van der Waals surface area contributed by atoms with E-state index in [9.17, 15) is 9.59 Å². The molecule has 3 rings (SSSR count). The minimum Gasteiger partial charge on any atom is -0.375 e. The summed E-state index contributed by atoms with van der Waals surface area (Å²) in [6.45, 7) is -0.0221. The molecule has 0 atom stereocenters. The Bertz CT molecular complexity index is 941. The number of hydrogen-bond acceptors (Lipinski definition) is 5. The lowest BCUT2D eigenvalue weighted by atomic mass is 10.2. The third kappa shape index (κ3) is 6.00. The number of anilines is 2. The molecule has 0 aliphatic carbocycles. The lowest BCUT2D eigenvalue weighted by Crippen LogP contribution is -2.18. The number of hydrogen-bond donors (Lipinski definition) is 2. The summed E-state index contributed by atoms with van der Waals surface area (Å²) in [7, 11) is 1.46. The summed E-state index contributed by atoms with van der Waals surface area (Å²) in [5, 5.41) is 8.44. The maximum Gasteiger partial charge on any atom is 0.250 e. The molecule has 0 fully saturated rings. The van der Waals surface area contributed by atoms with Gasteiger partial charge in [-0.3, -0.25) is 9.59 Å². The second-order valence-corrected chi connectivity index (χ2v) is 7.12. The Labute approximate surface area is 167 Å². The van der Waals surface area contributed by atoms with Crippen LogP contribution in [-0.4, -0.2) is 30.5 Å². The second-order valence-electron chi connectivity index (χ2n) is 6.18. The molecule has 2 aromatic carbocycles. The first-order valence-corrected chi connectivity index (χ1v) is 9.66. The maximum absolute atomic E-state index is 12.3. The Balaban J connectivity index is 1.55. The van der Waals surface area contributed by atoms with Gasteiger partial charge in [0.15, 0.2) is 0 Å². The lowest BCUT2D eigenvalue weighted by molar-refractivity contribution is -0.119. The Hall–Kier alpha value is -3.03. The molecule has 0 aliphatic rings. The van der Waals surface area contributed by atoms with Gasteiger partial charge in [-0.1, -0.05) is 36.4 Å². The Morgan fingerprint density at radius 3 is 2.43 bits per heavy atom. The third-order valence-corrected chi connectivity index (χ3v) is 4.74. The van der Waals surface area contributed by atoms with Gasteiger partial charge < -0.3 is 15.4 Å². The fraction of sp³-hybridized carbons (Fsp3) is 0.190. The number of amides is 2. The van der Waals surface area contributed by atoms with Gasteiger partial charge in [0, 0.05) is 30.3 Å². The van der Waals surface area contributed by atoms with Crippen LogP contribution in [0.15, 0.2) is 60.0 Å². The number of thiazole rings is 1. The molecule has 0 spiro atoms. The zero-order valence-corrected chi connectivity index (χ0v) is 16.3. The maximum atomic E-state index is 12.3. The van der Waals surface area contributed by atoms with Gasteiger partial charge in [-0.25, -0.2) is 4.98 Å². The molecule has 3 aromatic rings. The van der Waals surface area contributed by atoms with Crippen molar-refractivity contribution in [3.8, 4) is 0 Å². The number of nitrogens with zero attached hydrogens (tertiary/aromatic N) is 1. The van der Waals surface area contributed by atoms with Crippen molar-refractivity contribution < 1.29 is 14.3 Å². The van der Waals surface area contributed by atoms with E-state index in [1.807, 2.05) is 23.6 Å². The molecule has 2 N–H and O–H groups in total. The second kappa shape index (κ2) is 9.77. The number of carbonyl (C=O) groups excluding carboxylic acids is 2. The Kier molecular flexibility index (Phi) is 6.89. The number of nitrogens with one attached hydrogen (secondary N) is 2. The highest BCUT2D eigenvalue weighted by atomic mass is 32.1. The molecule has 0 saturated heterocycles. The fourth-order valence-corrected chi connectivity index (χ4v) is 3.48. The molecule has 0 saturated carbocycles. The zero-order chi connectivity index (χ0) is 19.8. The summed E-state index contributed by atoms with van der Waals surface area (Å²) in [4.78, 5) is 28.5. The fourth-order valence-electron chi connectivity index (χ4n) is 2.65. The number of carbonyl (C=O) groups is 2. The number of benzene rings is 2. The van der Waals surface area contributed by atoms with E-state index < -0.39 is 0 Å².